The lowest BCUT2D eigenvalue weighted by Crippen LogP contribution is -2.32. The van der Waals surface area contributed by atoms with Crippen molar-refractivity contribution in [2.24, 2.45) is 0 Å². The number of nitro groups is 1. The highest BCUT2D eigenvalue weighted by Crippen LogP contribution is 2.21. The molecule has 7 nitrogen and oxygen atoms in total. The van der Waals surface area contributed by atoms with Gasteiger partial charge in [-0.05, 0) is 30.2 Å². The zero-order valence-electron chi connectivity index (χ0n) is 14.1. The van der Waals surface area contributed by atoms with Gasteiger partial charge in [-0.15, -0.1) is 0 Å². The summed E-state index contributed by atoms with van der Waals surface area (Å²) >= 11 is 0. The van der Waals surface area contributed by atoms with Gasteiger partial charge in [0.15, 0.2) is 6.61 Å². The lowest BCUT2D eigenvalue weighted by Gasteiger charge is -2.18. The number of methoxy groups -OCH3 is 1. The second kappa shape index (κ2) is 8.68. The SMILES string of the molecule is CC[C@H](NC(=O)COc1cccc([N+](=O)[O-])c1)c1ccc(OC)cc1. The van der Waals surface area contributed by atoms with Crippen LogP contribution < -0.4 is 14.8 Å². The van der Waals surface area contributed by atoms with Crippen molar-refractivity contribution in [1.82, 2.24) is 5.32 Å². The summed E-state index contributed by atoms with van der Waals surface area (Å²) in [4.78, 5) is 22.3. The fourth-order valence-electron chi connectivity index (χ4n) is 2.33. The third kappa shape index (κ3) is 5.20. The average molecular weight is 344 g/mol. The molecule has 0 heterocycles. The van der Waals surface area contributed by atoms with Crippen LogP contribution in [0.25, 0.3) is 0 Å². The first-order chi connectivity index (χ1) is 12.0. The average Bonchev–Trinajstić information content (AvgIpc) is 2.64. The molecule has 1 N–H and O–H groups in total. The first kappa shape index (κ1) is 18.3. The monoisotopic (exact) mass is 344 g/mol. The highest BCUT2D eigenvalue weighted by atomic mass is 16.6. The quantitative estimate of drug-likeness (QED) is 0.586. The van der Waals surface area contributed by atoms with Gasteiger partial charge in [0.1, 0.15) is 11.5 Å². The van der Waals surface area contributed by atoms with Gasteiger partial charge in [-0.1, -0.05) is 25.1 Å². The van der Waals surface area contributed by atoms with Crippen LogP contribution in [0.2, 0.25) is 0 Å². The Bertz CT molecular complexity index is 731. The molecule has 0 fully saturated rings. The van der Waals surface area contributed by atoms with Crippen LogP contribution in [0, 0.1) is 10.1 Å². The highest BCUT2D eigenvalue weighted by molar-refractivity contribution is 5.78. The molecule has 1 atom stereocenters. The first-order valence-electron chi connectivity index (χ1n) is 7.84. The second-order valence-corrected chi connectivity index (χ2v) is 5.34. The molecule has 0 spiro atoms. The largest absolute Gasteiger partial charge is 0.497 e. The van der Waals surface area contributed by atoms with Crippen LogP contribution in [0.4, 0.5) is 5.69 Å². The standard InChI is InChI=1S/C18H20N2O5/c1-3-17(13-7-9-15(24-2)10-8-13)19-18(21)12-25-16-6-4-5-14(11-16)20(22)23/h4-11,17H,3,12H2,1-2H3,(H,19,21)/t17-/m0/s1. The van der Waals surface area contributed by atoms with Gasteiger partial charge in [-0.2, -0.15) is 0 Å². The van der Waals surface area contributed by atoms with Gasteiger partial charge >= 0.3 is 0 Å². The fourth-order valence-corrected chi connectivity index (χ4v) is 2.33. The molecule has 1 amide bonds. The maximum Gasteiger partial charge on any atom is 0.273 e. The van der Waals surface area contributed by atoms with Crippen LogP contribution in [0.3, 0.4) is 0 Å². The number of amides is 1. The molecule has 0 radical (unpaired) electrons. The third-order valence-corrected chi connectivity index (χ3v) is 3.66. The summed E-state index contributed by atoms with van der Waals surface area (Å²) in [6.07, 6.45) is 0.717. The Morgan fingerprint density at radius 2 is 1.92 bits per heavy atom. The van der Waals surface area contributed by atoms with E-state index in [1.54, 1.807) is 13.2 Å². The molecule has 0 unspecified atom stereocenters. The molecular formula is C18H20N2O5. The van der Waals surface area contributed by atoms with Crippen LogP contribution in [0.15, 0.2) is 48.5 Å². The molecule has 0 aliphatic carbocycles. The van der Waals surface area contributed by atoms with E-state index in [1.807, 2.05) is 31.2 Å². The van der Waals surface area contributed by atoms with Crippen LogP contribution in [0.1, 0.15) is 24.9 Å². The zero-order chi connectivity index (χ0) is 18.2. The smallest absolute Gasteiger partial charge is 0.273 e. The van der Waals surface area contributed by atoms with Gasteiger partial charge in [0.2, 0.25) is 0 Å². The minimum atomic E-state index is -0.510. The molecular weight excluding hydrogens is 324 g/mol. The zero-order valence-corrected chi connectivity index (χ0v) is 14.1. The Kier molecular flexibility index (Phi) is 6.33. The number of carbonyl (C=O) groups excluding carboxylic acids is 1. The van der Waals surface area contributed by atoms with Crippen LogP contribution >= 0.6 is 0 Å². The van der Waals surface area contributed by atoms with Crippen molar-refractivity contribution in [3.8, 4) is 11.5 Å². The van der Waals surface area contributed by atoms with E-state index in [4.69, 9.17) is 9.47 Å². The number of carbonyl (C=O) groups is 1. The lowest BCUT2D eigenvalue weighted by molar-refractivity contribution is -0.384. The molecule has 0 aromatic heterocycles. The van der Waals surface area contributed by atoms with E-state index in [-0.39, 0.29) is 30.0 Å². The van der Waals surface area contributed by atoms with E-state index >= 15 is 0 Å². The number of hydrogen-bond acceptors (Lipinski definition) is 5. The molecule has 2 rings (SSSR count). The van der Waals surface area contributed by atoms with Crippen molar-refractivity contribution < 1.29 is 19.2 Å². The van der Waals surface area contributed by atoms with E-state index in [9.17, 15) is 14.9 Å². The summed E-state index contributed by atoms with van der Waals surface area (Å²) in [5.74, 6) is 0.731. The second-order valence-electron chi connectivity index (χ2n) is 5.34. The number of nitrogens with zero attached hydrogens (tertiary/aromatic N) is 1. The van der Waals surface area contributed by atoms with Crippen LogP contribution in [-0.4, -0.2) is 24.5 Å². The van der Waals surface area contributed by atoms with E-state index < -0.39 is 4.92 Å². The van der Waals surface area contributed by atoms with Gasteiger partial charge in [0, 0.05) is 6.07 Å². The number of hydrogen-bond donors (Lipinski definition) is 1. The maximum absolute atomic E-state index is 12.1. The molecule has 0 aliphatic heterocycles. The number of rotatable bonds is 8. The van der Waals surface area contributed by atoms with Crippen molar-refractivity contribution in [3.05, 3.63) is 64.2 Å². The predicted octanol–water partition coefficient (Wildman–Crippen LogP) is 3.25. The maximum atomic E-state index is 12.1. The molecule has 0 bridgehead atoms. The highest BCUT2D eigenvalue weighted by Gasteiger charge is 2.14. The fraction of sp³-hybridized carbons (Fsp3) is 0.278. The van der Waals surface area contributed by atoms with Gasteiger partial charge in [-0.25, -0.2) is 0 Å². The first-order valence-corrected chi connectivity index (χ1v) is 7.84. The summed E-state index contributed by atoms with van der Waals surface area (Å²) in [5, 5.41) is 13.6. The molecule has 0 saturated carbocycles. The number of ether oxygens (including phenoxy) is 2. The van der Waals surface area contributed by atoms with E-state index in [1.165, 1.54) is 18.2 Å². The Balaban J connectivity index is 1.93. The summed E-state index contributed by atoms with van der Waals surface area (Å²) < 4.78 is 10.5. The minimum absolute atomic E-state index is 0.0809. The third-order valence-electron chi connectivity index (χ3n) is 3.66. The number of nitrogens with one attached hydrogen (secondary N) is 1. The van der Waals surface area contributed by atoms with Crippen molar-refractivity contribution in [1.29, 1.82) is 0 Å². The van der Waals surface area contributed by atoms with Gasteiger partial charge in [-0.3, -0.25) is 14.9 Å². The van der Waals surface area contributed by atoms with Crippen LogP contribution in [0.5, 0.6) is 11.5 Å². The van der Waals surface area contributed by atoms with Crippen molar-refractivity contribution >= 4 is 11.6 Å². The van der Waals surface area contributed by atoms with Crippen LogP contribution in [-0.2, 0) is 4.79 Å². The summed E-state index contributed by atoms with van der Waals surface area (Å²) in [5.41, 5.74) is 0.884. The number of nitro benzene ring substituents is 1. The Hall–Kier alpha value is -3.09. The predicted molar refractivity (Wildman–Crippen MR) is 92.8 cm³/mol. The van der Waals surface area contributed by atoms with Crippen molar-refractivity contribution in [3.63, 3.8) is 0 Å². The lowest BCUT2D eigenvalue weighted by atomic mass is 10.0. The molecule has 132 valence electrons. The van der Waals surface area contributed by atoms with Gasteiger partial charge < -0.3 is 14.8 Å². The van der Waals surface area contributed by atoms with E-state index in [0.29, 0.717) is 0 Å². The van der Waals surface area contributed by atoms with Gasteiger partial charge in [0.25, 0.3) is 11.6 Å². The molecule has 7 heteroatoms. The van der Waals surface area contributed by atoms with Gasteiger partial charge in [0.05, 0.1) is 24.1 Å². The Labute approximate surface area is 145 Å². The van der Waals surface area contributed by atoms with E-state index in [2.05, 4.69) is 5.32 Å². The molecule has 25 heavy (non-hydrogen) atoms. The minimum Gasteiger partial charge on any atom is -0.497 e. The normalized spacial score (nSPS) is 11.4. The number of benzene rings is 2. The molecule has 2 aromatic carbocycles. The van der Waals surface area contributed by atoms with Crippen molar-refractivity contribution in [2.75, 3.05) is 13.7 Å². The topological polar surface area (TPSA) is 90.7 Å². The molecule has 0 saturated heterocycles. The Morgan fingerprint density at radius 3 is 2.52 bits per heavy atom. The summed E-state index contributed by atoms with van der Waals surface area (Å²) in [6, 6.07) is 13.1. The summed E-state index contributed by atoms with van der Waals surface area (Å²) in [7, 11) is 1.60. The van der Waals surface area contributed by atoms with Crippen molar-refractivity contribution in [2.45, 2.75) is 19.4 Å². The summed E-state index contributed by atoms with van der Waals surface area (Å²) in [6.45, 7) is 1.75. The molecule has 2 aromatic rings. The number of non-ortho nitro benzene ring substituents is 1. The molecule has 0 aliphatic rings. The van der Waals surface area contributed by atoms with E-state index in [0.717, 1.165) is 17.7 Å². The Morgan fingerprint density at radius 1 is 1.20 bits per heavy atom.